The highest BCUT2D eigenvalue weighted by atomic mass is 32.1. The average molecular weight is 420 g/mol. The third-order valence-corrected chi connectivity index (χ3v) is 6.83. The molecule has 1 amide bonds. The van der Waals surface area contributed by atoms with Crippen LogP contribution in [0.25, 0.3) is 0 Å². The summed E-state index contributed by atoms with van der Waals surface area (Å²) in [7, 11) is 0. The monoisotopic (exact) mass is 419 g/mol. The van der Waals surface area contributed by atoms with Crippen molar-refractivity contribution in [2.75, 3.05) is 48.0 Å². The Hall–Kier alpha value is -2.83. The molecular weight excluding hydrogens is 394 g/mol. The van der Waals surface area contributed by atoms with Crippen LogP contribution >= 0.6 is 11.3 Å². The lowest BCUT2D eigenvalue weighted by Gasteiger charge is -2.29. The Morgan fingerprint density at radius 2 is 1.57 bits per heavy atom. The van der Waals surface area contributed by atoms with Crippen molar-refractivity contribution in [2.24, 2.45) is 0 Å². The van der Waals surface area contributed by atoms with Crippen LogP contribution < -0.4 is 15.1 Å². The summed E-state index contributed by atoms with van der Waals surface area (Å²) >= 11 is 1.86. The van der Waals surface area contributed by atoms with E-state index in [9.17, 15) is 4.79 Å². The average Bonchev–Trinajstić information content (AvgIpc) is 3.28. The van der Waals surface area contributed by atoms with Crippen LogP contribution in [0, 0.1) is 0 Å². The SMILES string of the molecule is O=C(Nc1ccc(N2CCc3sccc3C2)cc1)c1ccc(N2CCOCC2)cc1. The number of amides is 1. The molecule has 1 N–H and O–H groups in total. The van der Waals surface area contributed by atoms with E-state index < -0.39 is 0 Å². The first kappa shape index (κ1) is 19.2. The van der Waals surface area contributed by atoms with Gasteiger partial charge in [-0.2, -0.15) is 0 Å². The van der Waals surface area contributed by atoms with Gasteiger partial charge in [0, 0.05) is 53.7 Å². The fourth-order valence-corrected chi connectivity index (χ4v) is 4.96. The largest absolute Gasteiger partial charge is 0.378 e. The van der Waals surface area contributed by atoms with Crippen LogP contribution in [0.4, 0.5) is 17.1 Å². The van der Waals surface area contributed by atoms with Gasteiger partial charge in [0.15, 0.2) is 0 Å². The summed E-state index contributed by atoms with van der Waals surface area (Å²) in [6.45, 7) is 5.29. The molecule has 0 unspecified atom stereocenters. The molecule has 0 saturated carbocycles. The zero-order valence-electron chi connectivity index (χ0n) is 16.8. The van der Waals surface area contributed by atoms with Gasteiger partial charge in [0.05, 0.1) is 13.2 Å². The quantitative estimate of drug-likeness (QED) is 0.681. The second-order valence-corrected chi connectivity index (χ2v) is 8.69. The molecule has 5 rings (SSSR count). The zero-order chi connectivity index (χ0) is 20.3. The molecule has 3 heterocycles. The van der Waals surface area contributed by atoms with E-state index in [4.69, 9.17) is 4.74 Å². The smallest absolute Gasteiger partial charge is 0.255 e. The van der Waals surface area contributed by atoms with Crippen LogP contribution in [0.2, 0.25) is 0 Å². The third kappa shape index (κ3) is 4.06. The van der Waals surface area contributed by atoms with Gasteiger partial charge in [-0.15, -0.1) is 11.3 Å². The predicted octanol–water partition coefficient (Wildman–Crippen LogP) is 4.40. The number of morpholine rings is 1. The number of benzene rings is 2. The Balaban J connectivity index is 1.21. The van der Waals surface area contributed by atoms with Crippen LogP contribution in [0.15, 0.2) is 60.0 Å². The predicted molar refractivity (Wildman–Crippen MR) is 123 cm³/mol. The van der Waals surface area contributed by atoms with Gasteiger partial charge in [-0.3, -0.25) is 4.79 Å². The summed E-state index contributed by atoms with van der Waals surface area (Å²) in [5, 5.41) is 5.19. The van der Waals surface area contributed by atoms with Crippen molar-refractivity contribution in [3.8, 4) is 0 Å². The van der Waals surface area contributed by atoms with Crippen LogP contribution in [0.5, 0.6) is 0 Å². The Morgan fingerprint density at radius 1 is 0.867 bits per heavy atom. The Kier molecular flexibility index (Phi) is 5.43. The van der Waals surface area contributed by atoms with E-state index in [1.54, 1.807) is 0 Å². The summed E-state index contributed by atoms with van der Waals surface area (Å²) in [6.07, 6.45) is 1.10. The molecule has 0 spiro atoms. The standard InChI is InChI=1S/C24H25N3O2S/c28-24(18-1-5-21(6-2-18)26-12-14-29-15-13-26)25-20-3-7-22(8-4-20)27-11-9-23-19(17-27)10-16-30-23/h1-8,10,16H,9,11-15,17H2,(H,25,28). The first-order valence-electron chi connectivity index (χ1n) is 10.4. The molecule has 1 aromatic heterocycles. The first-order chi connectivity index (χ1) is 14.8. The number of nitrogens with one attached hydrogen (secondary N) is 1. The molecule has 2 aliphatic heterocycles. The molecule has 2 aromatic carbocycles. The number of hydrogen-bond donors (Lipinski definition) is 1. The Bertz CT molecular complexity index is 1010. The molecule has 1 saturated heterocycles. The molecule has 0 atom stereocenters. The maximum Gasteiger partial charge on any atom is 0.255 e. The number of carbonyl (C=O) groups excluding carboxylic acids is 1. The van der Waals surface area contributed by atoms with E-state index in [2.05, 4.69) is 38.7 Å². The molecule has 5 nitrogen and oxygen atoms in total. The number of rotatable bonds is 4. The number of thiophene rings is 1. The highest BCUT2D eigenvalue weighted by Gasteiger charge is 2.17. The van der Waals surface area contributed by atoms with Gasteiger partial charge in [0.25, 0.3) is 5.91 Å². The number of carbonyl (C=O) groups is 1. The van der Waals surface area contributed by atoms with E-state index in [-0.39, 0.29) is 5.91 Å². The van der Waals surface area contributed by atoms with Gasteiger partial charge < -0.3 is 19.9 Å². The van der Waals surface area contributed by atoms with Gasteiger partial charge in [-0.1, -0.05) is 0 Å². The number of anilines is 3. The van der Waals surface area contributed by atoms with Crippen molar-refractivity contribution in [3.63, 3.8) is 0 Å². The van der Waals surface area contributed by atoms with Crippen LogP contribution in [-0.2, 0) is 17.7 Å². The fourth-order valence-electron chi connectivity index (χ4n) is 4.07. The minimum absolute atomic E-state index is 0.0860. The first-order valence-corrected chi connectivity index (χ1v) is 11.3. The van der Waals surface area contributed by atoms with E-state index in [1.165, 1.54) is 16.1 Å². The minimum Gasteiger partial charge on any atom is -0.378 e. The third-order valence-electron chi connectivity index (χ3n) is 5.80. The van der Waals surface area contributed by atoms with Gasteiger partial charge in [-0.25, -0.2) is 0 Å². The van der Waals surface area contributed by atoms with Gasteiger partial charge in [-0.05, 0) is 72.0 Å². The number of hydrogen-bond acceptors (Lipinski definition) is 5. The molecule has 154 valence electrons. The Morgan fingerprint density at radius 3 is 2.33 bits per heavy atom. The summed E-state index contributed by atoms with van der Waals surface area (Å²) in [6, 6.07) is 18.2. The maximum atomic E-state index is 12.6. The molecular formula is C24H25N3O2S. The maximum absolute atomic E-state index is 12.6. The van der Waals surface area contributed by atoms with Crippen molar-refractivity contribution in [1.29, 1.82) is 0 Å². The van der Waals surface area contributed by atoms with Crippen molar-refractivity contribution >= 4 is 34.3 Å². The molecule has 0 aliphatic carbocycles. The highest BCUT2D eigenvalue weighted by molar-refractivity contribution is 7.10. The summed E-state index contributed by atoms with van der Waals surface area (Å²) in [5.74, 6) is -0.0860. The van der Waals surface area contributed by atoms with Gasteiger partial charge >= 0.3 is 0 Å². The lowest BCUT2D eigenvalue weighted by molar-refractivity contribution is 0.102. The normalized spacial score (nSPS) is 16.3. The fraction of sp³-hybridized carbons (Fsp3) is 0.292. The molecule has 6 heteroatoms. The summed E-state index contributed by atoms with van der Waals surface area (Å²) < 4.78 is 5.40. The van der Waals surface area contributed by atoms with Crippen LogP contribution in [-0.4, -0.2) is 38.8 Å². The minimum atomic E-state index is -0.0860. The van der Waals surface area contributed by atoms with Gasteiger partial charge in [0.2, 0.25) is 0 Å². The summed E-state index contributed by atoms with van der Waals surface area (Å²) in [4.78, 5) is 18.8. The van der Waals surface area contributed by atoms with Crippen LogP contribution in [0.3, 0.4) is 0 Å². The van der Waals surface area contributed by atoms with E-state index in [1.807, 2.05) is 47.7 Å². The van der Waals surface area contributed by atoms with E-state index >= 15 is 0 Å². The number of nitrogens with zero attached hydrogens (tertiary/aromatic N) is 2. The van der Waals surface area contributed by atoms with Crippen molar-refractivity contribution < 1.29 is 9.53 Å². The Labute approximate surface area is 180 Å². The van der Waals surface area contributed by atoms with Crippen molar-refractivity contribution in [3.05, 3.63) is 76.0 Å². The van der Waals surface area contributed by atoms with Gasteiger partial charge in [0.1, 0.15) is 0 Å². The molecule has 3 aromatic rings. The molecule has 2 aliphatic rings. The molecule has 1 fully saturated rings. The summed E-state index contributed by atoms with van der Waals surface area (Å²) in [5.41, 5.74) is 5.24. The molecule has 0 radical (unpaired) electrons. The lowest BCUT2D eigenvalue weighted by Crippen LogP contribution is -2.36. The van der Waals surface area contributed by atoms with E-state index in [0.29, 0.717) is 5.56 Å². The topological polar surface area (TPSA) is 44.8 Å². The van der Waals surface area contributed by atoms with Crippen molar-refractivity contribution in [1.82, 2.24) is 0 Å². The molecule has 0 bridgehead atoms. The molecule has 30 heavy (non-hydrogen) atoms. The number of ether oxygens (including phenoxy) is 1. The number of fused-ring (bicyclic) bond motifs is 1. The highest BCUT2D eigenvalue weighted by Crippen LogP contribution is 2.28. The van der Waals surface area contributed by atoms with E-state index in [0.717, 1.165) is 57.2 Å². The second kappa shape index (κ2) is 8.50. The lowest BCUT2D eigenvalue weighted by atomic mass is 10.1. The van der Waals surface area contributed by atoms with Crippen LogP contribution in [0.1, 0.15) is 20.8 Å². The van der Waals surface area contributed by atoms with Crippen molar-refractivity contribution in [2.45, 2.75) is 13.0 Å². The second-order valence-electron chi connectivity index (χ2n) is 7.69. The zero-order valence-corrected chi connectivity index (χ0v) is 17.7.